The smallest absolute Gasteiger partial charge is 0.215 e. The van der Waals surface area contributed by atoms with Gasteiger partial charge in [-0.05, 0) is 25.7 Å². The number of hydrogen-bond donors (Lipinski definition) is 1. The van der Waals surface area contributed by atoms with Crippen molar-refractivity contribution in [3.05, 3.63) is 0 Å². The van der Waals surface area contributed by atoms with Crippen molar-refractivity contribution in [2.45, 2.75) is 38.1 Å². The van der Waals surface area contributed by atoms with Crippen molar-refractivity contribution in [2.75, 3.05) is 25.4 Å². The van der Waals surface area contributed by atoms with E-state index in [0.717, 1.165) is 25.9 Å². The molecule has 0 aromatic carbocycles. The van der Waals surface area contributed by atoms with Gasteiger partial charge in [0.05, 0.1) is 5.75 Å². The molecular weight excluding hydrogens is 212 g/mol. The zero-order valence-electron chi connectivity index (χ0n) is 9.11. The first kappa shape index (κ1) is 11.4. The molecule has 0 radical (unpaired) electrons. The summed E-state index contributed by atoms with van der Waals surface area (Å²) in [5.41, 5.74) is 0. The SMILES string of the molecule is O=S(=O)(CCNC1CC1)N1CCCCC1. The van der Waals surface area contributed by atoms with Crippen molar-refractivity contribution in [1.29, 1.82) is 0 Å². The highest BCUT2D eigenvalue weighted by Gasteiger charge is 2.25. The van der Waals surface area contributed by atoms with Crippen LogP contribution in [0, 0.1) is 0 Å². The van der Waals surface area contributed by atoms with Gasteiger partial charge in [-0.15, -0.1) is 0 Å². The van der Waals surface area contributed by atoms with E-state index in [1.807, 2.05) is 0 Å². The largest absolute Gasteiger partial charge is 0.313 e. The second kappa shape index (κ2) is 4.80. The van der Waals surface area contributed by atoms with Gasteiger partial charge in [0, 0.05) is 25.7 Å². The minimum Gasteiger partial charge on any atom is -0.313 e. The maximum atomic E-state index is 11.9. The highest BCUT2D eigenvalue weighted by atomic mass is 32.2. The Bertz CT molecular complexity index is 293. The maximum Gasteiger partial charge on any atom is 0.215 e. The molecular formula is C10H20N2O2S. The second-order valence-corrected chi connectivity index (χ2v) is 6.59. The summed E-state index contributed by atoms with van der Waals surface area (Å²) in [6.07, 6.45) is 5.64. The Morgan fingerprint density at radius 1 is 1.13 bits per heavy atom. The third-order valence-electron chi connectivity index (χ3n) is 3.08. The average Bonchev–Trinajstić information content (AvgIpc) is 3.03. The van der Waals surface area contributed by atoms with Crippen LogP contribution in [-0.2, 0) is 10.0 Å². The van der Waals surface area contributed by atoms with Crippen molar-refractivity contribution < 1.29 is 8.42 Å². The molecule has 2 rings (SSSR count). The normalized spacial score (nSPS) is 24.3. The molecule has 2 fully saturated rings. The lowest BCUT2D eigenvalue weighted by atomic mass is 10.2. The van der Waals surface area contributed by atoms with Gasteiger partial charge < -0.3 is 5.32 Å². The number of piperidine rings is 1. The molecule has 4 nitrogen and oxygen atoms in total. The van der Waals surface area contributed by atoms with Crippen LogP contribution in [0.2, 0.25) is 0 Å². The third-order valence-corrected chi connectivity index (χ3v) is 4.95. The molecule has 0 unspecified atom stereocenters. The van der Waals surface area contributed by atoms with Crippen molar-refractivity contribution in [1.82, 2.24) is 9.62 Å². The van der Waals surface area contributed by atoms with Crippen LogP contribution in [0.3, 0.4) is 0 Å². The fourth-order valence-corrected chi connectivity index (χ4v) is 3.40. The molecule has 88 valence electrons. The summed E-state index contributed by atoms with van der Waals surface area (Å²) in [6.45, 7) is 2.07. The predicted octanol–water partition coefficient (Wildman–Crippen LogP) is 0.554. The van der Waals surface area contributed by atoms with E-state index in [0.29, 0.717) is 12.6 Å². The zero-order chi connectivity index (χ0) is 10.7. The molecule has 1 aliphatic heterocycles. The first-order chi connectivity index (χ1) is 7.18. The summed E-state index contributed by atoms with van der Waals surface area (Å²) < 4.78 is 25.4. The molecule has 0 aromatic heterocycles. The summed E-state index contributed by atoms with van der Waals surface area (Å²) in [4.78, 5) is 0. The first-order valence-electron chi connectivity index (χ1n) is 5.90. The molecule has 0 bridgehead atoms. The minimum atomic E-state index is -2.98. The number of nitrogens with one attached hydrogen (secondary N) is 1. The molecule has 1 saturated heterocycles. The monoisotopic (exact) mass is 232 g/mol. The van der Waals surface area contributed by atoms with Gasteiger partial charge in [-0.3, -0.25) is 0 Å². The predicted molar refractivity (Wildman–Crippen MR) is 60.2 cm³/mol. The van der Waals surface area contributed by atoms with E-state index in [2.05, 4.69) is 5.32 Å². The fourth-order valence-electron chi connectivity index (χ4n) is 1.95. The van der Waals surface area contributed by atoms with Crippen LogP contribution >= 0.6 is 0 Å². The Labute approximate surface area is 92.1 Å². The number of sulfonamides is 1. The zero-order valence-corrected chi connectivity index (χ0v) is 9.93. The lowest BCUT2D eigenvalue weighted by molar-refractivity contribution is 0.346. The molecule has 0 amide bonds. The van der Waals surface area contributed by atoms with Gasteiger partial charge in [-0.2, -0.15) is 0 Å². The quantitative estimate of drug-likeness (QED) is 0.753. The van der Waals surface area contributed by atoms with Crippen molar-refractivity contribution in [3.8, 4) is 0 Å². The molecule has 1 saturated carbocycles. The molecule has 0 aromatic rings. The topological polar surface area (TPSA) is 49.4 Å². The van der Waals surface area contributed by atoms with E-state index in [1.54, 1.807) is 4.31 Å². The summed E-state index contributed by atoms with van der Waals surface area (Å²) in [5.74, 6) is 0.267. The minimum absolute atomic E-state index is 0.267. The van der Waals surface area contributed by atoms with E-state index >= 15 is 0 Å². The number of hydrogen-bond acceptors (Lipinski definition) is 3. The molecule has 1 N–H and O–H groups in total. The van der Waals surface area contributed by atoms with Gasteiger partial charge in [0.25, 0.3) is 0 Å². The van der Waals surface area contributed by atoms with Crippen molar-refractivity contribution in [2.24, 2.45) is 0 Å². The molecule has 5 heteroatoms. The van der Waals surface area contributed by atoms with Gasteiger partial charge >= 0.3 is 0 Å². The first-order valence-corrected chi connectivity index (χ1v) is 7.50. The number of rotatable bonds is 5. The average molecular weight is 232 g/mol. The highest BCUT2D eigenvalue weighted by Crippen LogP contribution is 2.18. The Morgan fingerprint density at radius 2 is 1.80 bits per heavy atom. The van der Waals surface area contributed by atoms with Gasteiger partial charge in [0.15, 0.2) is 0 Å². The Kier molecular flexibility index (Phi) is 3.64. The highest BCUT2D eigenvalue weighted by molar-refractivity contribution is 7.89. The van der Waals surface area contributed by atoms with Crippen LogP contribution in [-0.4, -0.2) is 44.2 Å². The van der Waals surface area contributed by atoms with Crippen LogP contribution in [0.25, 0.3) is 0 Å². The van der Waals surface area contributed by atoms with Gasteiger partial charge in [-0.1, -0.05) is 6.42 Å². The summed E-state index contributed by atoms with van der Waals surface area (Å²) in [7, 11) is -2.98. The van der Waals surface area contributed by atoms with E-state index in [1.165, 1.54) is 19.3 Å². The van der Waals surface area contributed by atoms with E-state index < -0.39 is 10.0 Å². The Hall–Kier alpha value is -0.130. The van der Waals surface area contributed by atoms with Crippen LogP contribution < -0.4 is 5.32 Å². The van der Waals surface area contributed by atoms with Gasteiger partial charge in [0.2, 0.25) is 10.0 Å². The third kappa shape index (κ3) is 3.43. The van der Waals surface area contributed by atoms with Crippen LogP contribution in [0.4, 0.5) is 0 Å². The Morgan fingerprint density at radius 3 is 2.40 bits per heavy atom. The summed E-state index contributed by atoms with van der Waals surface area (Å²) in [6, 6.07) is 0.599. The molecule has 0 atom stereocenters. The molecule has 2 aliphatic rings. The van der Waals surface area contributed by atoms with E-state index in [-0.39, 0.29) is 5.75 Å². The maximum absolute atomic E-state index is 11.9. The Balaban J connectivity index is 1.76. The standard InChI is InChI=1S/C10H20N2O2S/c13-15(14,9-6-11-10-4-5-10)12-7-2-1-3-8-12/h10-11H,1-9H2. The molecule has 15 heavy (non-hydrogen) atoms. The molecule has 0 spiro atoms. The fraction of sp³-hybridized carbons (Fsp3) is 1.00. The lowest BCUT2D eigenvalue weighted by Gasteiger charge is -2.25. The van der Waals surface area contributed by atoms with E-state index in [9.17, 15) is 8.42 Å². The van der Waals surface area contributed by atoms with Crippen molar-refractivity contribution in [3.63, 3.8) is 0 Å². The van der Waals surface area contributed by atoms with Crippen LogP contribution in [0.5, 0.6) is 0 Å². The van der Waals surface area contributed by atoms with Crippen molar-refractivity contribution >= 4 is 10.0 Å². The van der Waals surface area contributed by atoms with Crippen LogP contribution in [0.15, 0.2) is 0 Å². The molecule has 1 aliphatic carbocycles. The summed E-state index contributed by atoms with van der Waals surface area (Å²) >= 11 is 0. The van der Waals surface area contributed by atoms with Gasteiger partial charge in [0.1, 0.15) is 0 Å². The van der Waals surface area contributed by atoms with Crippen LogP contribution in [0.1, 0.15) is 32.1 Å². The van der Waals surface area contributed by atoms with Gasteiger partial charge in [-0.25, -0.2) is 12.7 Å². The molecule has 1 heterocycles. The summed E-state index contributed by atoms with van der Waals surface area (Å²) in [5, 5.41) is 3.25. The lowest BCUT2D eigenvalue weighted by Crippen LogP contribution is -2.39. The number of nitrogens with zero attached hydrogens (tertiary/aromatic N) is 1. The second-order valence-electron chi connectivity index (χ2n) is 4.50. The van der Waals surface area contributed by atoms with E-state index in [4.69, 9.17) is 0 Å².